The number of ether oxygens (including phenoxy) is 2. The van der Waals surface area contributed by atoms with Crippen molar-refractivity contribution < 1.29 is 14.3 Å². The molecule has 8 heteroatoms. The second-order valence-corrected chi connectivity index (χ2v) is 5.81. The van der Waals surface area contributed by atoms with Gasteiger partial charge >= 0.3 is 0 Å². The third-order valence-electron chi connectivity index (χ3n) is 2.77. The standard InChI is InChI=1S/C14H11BrCl2N2O3/c1-21-11-5-10(12(22-2)4-9(11)16)19-14(20)8-3-7(15)6-18-13(8)17/h3-6H,1-2H3,(H,19,20). The Hall–Kier alpha value is -1.50. The predicted octanol–water partition coefficient (Wildman–Crippen LogP) is 4.42. The Morgan fingerprint density at radius 1 is 1.18 bits per heavy atom. The molecule has 5 nitrogen and oxygen atoms in total. The molecule has 0 saturated carbocycles. The van der Waals surface area contributed by atoms with Crippen molar-refractivity contribution in [3.05, 3.63) is 44.6 Å². The van der Waals surface area contributed by atoms with Gasteiger partial charge in [-0.05, 0) is 22.0 Å². The number of anilines is 1. The number of rotatable bonds is 4. The maximum absolute atomic E-state index is 12.4. The second-order valence-electron chi connectivity index (χ2n) is 4.13. The molecule has 116 valence electrons. The highest BCUT2D eigenvalue weighted by Gasteiger charge is 2.16. The van der Waals surface area contributed by atoms with Gasteiger partial charge in [-0.15, -0.1) is 0 Å². The molecule has 1 N–H and O–H groups in total. The van der Waals surface area contributed by atoms with Gasteiger partial charge in [0.1, 0.15) is 16.7 Å². The largest absolute Gasteiger partial charge is 0.495 e. The fraction of sp³-hybridized carbons (Fsp3) is 0.143. The van der Waals surface area contributed by atoms with Gasteiger partial charge in [0, 0.05) is 22.8 Å². The summed E-state index contributed by atoms with van der Waals surface area (Å²) >= 11 is 15.2. The molecule has 1 aromatic heterocycles. The fourth-order valence-electron chi connectivity index (χ4n) is 1.73. The van der Waals surface area contributed by atoms with E-state index < -0.39 is 5.91 Å². The lowest BCUT2D eigenvalue weighted by Crippen LogP contribution is -2.14. The first-order chi connectivity index (χ1) is 10.5. The highest BCUT2D eigenvalue weighted by atomic mass is 79.9. The molecule has 0 aliphatic heterocycles. The molecule has 1 aromatic carbocycles. The van der Waals surface area contributed by atoms with Gasteiger partial charge in [-0.2, -0.15) is 0 Å². The number of methoxy groups -OCH3 is 2. The zero-order valence-electron chi connectivity index (χ0n) is 11.6. The van der Waals surface area contributed by atoms with E-state index in [1.165, 1.54) is 20.4 Å². The maximum Gasteiger partial charge on any atom is 0.258 e. The normalized spacial score (nSPS) is 10.2. The Balaban J connectivity index is 2.37. The fourth-order valence-corrected chi connectivity index (χ4v) is 2.48. The monoisotopic (exact) mass is 404 g/mol. The number of aromatic nitrogens is 1. The molecule has 22 heavy (non-hydrogen) atoms. The maximum atomic E-state index is 12.4. The Labute approximate surface area is 145 Å². The minimum absolute atomic E-state index is 0.0978. The third kappa shape index (κ3) is 3.63. The van der Waals surface area contributed by atoms with Crippen LogP contribution in [0.5, 0.6) is 11.5 Å². The van der Waals surface area contributed by atoms with Crippen LogP contribution in [0.15, 0.2) is 28.9 Å². The van der Waals surface area contributed by atoms with Gasteiger partial charge in [0.05, 0.1) is 30.5 Å². The summed E-state index contributed by atoms with van der Waals surface area (Å²) in [6.45, 7) is 0. The van der Waals surface area contributed by atoms with Crippen molar-refractivity contribution in [1.29, 1.82) is 0 Å². The lowest BCUT2D eigenvalue weighted by Gasteiger charge is -2.13. The molecule has 0 bridgehead atoms. The molecule has 1 heterocycles. The van der Waals surface area contributed by atoms with Crippen LogP contribution in [0, 0.1) is 0 Å². The topological polar surface area (TPSA) is 60.5 Å². The van der Waals surface area contributed by atoms with Crippen molar-refractivity contribution >= 4 is 50.7 Å². The number of hydrogen-bond donors (Lipinski definition) is 1. The van der Waals surface area contributed by atoms with Gasteiger partial charge in [0.15, 0.2) is 0 Å². The van der Waals surface area contributed by atoms with Crippen molar-refractivity contribution in [3.63, 3.8) is 0 Å². The molecule has 1 amide bonds. The van der Waals surface area contributed by atoms with E-state index in [0.717, 1.165) is 0 Å². The number of halogens is 3. The summed E-state index contributed by atoms with van der Waals surface area (Å²) in [6.07, 6.45) is 1.50. The van der Waals surface area contributed by atoms with Gasteiger partial charge in [-0.25, -0.2) is 4.98 Å². The van der Waals surface area contributed by atoms with E-state index in [2.05, 4.69) is 26.2 Å². The average Bonchev–Trinajstić information content (AvgIpc) is 2.50. The SMILES string of the molecule is COc1cc(NC(=O)c2cc(Br)cnc2Cl)c(OC)cc1Cl. The predicted molar refractivity (Wildman–Crippen MR) is 89.5 cm³/mol. The van der Waals surface area contributed by atoms with Crippen LogP contribution >= 0.6 is 39.1 Å². The molecule has 2 aromatic rings. The first kappa shape index (κ1) is 16.9. The smallest absolute Gasteiger partial charge is 0.258 e. The summed E-state index contributed by atoms with van der Waals surface area (Å²) in [5.41, 5.74) is 0.636. The molecule has 0 saturated heterocycles. The van der Waals surface area contributed by atoms with Gasteiger partial charge in [-0.1, -0.05) is 23.2 Å². The number of carbonyl (C=O) groups excluding carboxylic acids is 1. The van der Waals surface area contributed by atoms with Gasteiger partial charge in [0.25, 0.3) is 5.91 Å². The van der Waals surface area contributed by atoms with E-state index in [-0.39, 0.29) is 10.7 Å². The first-order valence-corrected chi connectivity index (χ1v) is 7.55. The summed E-state index contributed by atoms with van der Waals surface area (Å²) in [4.78, 5) is 16.3. The van der Waals surface area contributed by atoms with E-state index >= 15 is 0 Å². The van der Waals surface area contributed by atoms with Gasteiger partial charge in [-0.3, -0.25) is 4.79 Å². The summed E-state index contributed by atoms with van der Waals surface area (Å²) < 4.78 is 11.0. The molecule has 0 aliphatic rings. The average molecular weight is 406 g/mol. The van der Waals surface area contributed by atoms with Crippen molar-refractivity contribution in [2.24, 2.45) is 0 Å². The Morgan fingerprint density at radius 3 is 2.50 bits per heavy atom. The zero-order valence-corrected chi connectivity index (χ0v) is 14.7. The number of nitrogens with zero attached hydrogens (tertiary/aromatic N) is 1. The first-order valence-electron chi connectivity index (χ1n) is 6.00. The van der Waals surface area contributed by atoms with Crippen LogP contribution < -0.4 is 14.8 Å². The van der Waals surface area contributed by atoms with E-state index in [1.54, 1.807) is 18.2 Å². The Bertz CT molecular complexity index is 725. The summed E-state index contributed by atoms with van der Waals surface area (Å²) in [7, 11) is 2.95. The van der Waals surface area contributed by atoms with Crippen molar-refractivity contribution in [1.82, 2.24) is 4.98 Å². The quantitative estimate of drug-likeness (QED) is 0.764. The van der Waals surface area contributed by atoms with E-state index in [4.69, 9.17) is 32.7 Å². The minimum Gasteiger partial charge on any atom is -0.495 e. The number of amides is 1. The number of hydrogen-bond acceptors (Lipinski definition) is 4. The molecule has 0 radical (unpaired) electrons. The van der Waals surface area contributed by atoms with Gasteiger partial charge in [0.2, 0.25) is 0 Å². The second kappa shape index (κ2) is 7.17. The summed E-state index contributed by atoms with van der Waals surface area (Å²) in [5.74, 6) is 0.385. The Morgan fingerprint density at radius 2 is 1.86 bits per heavy atom. The van der Waals surface area contributed by atoms with E-state index in [9.17, 15) is 4.79 Å². The third-order valence-corrected chi connectivity index (χ3v) is 3.80. The zero-order chi connectivity index (χ0) is 16.3. The van der Waals surface area contributed by atoms with Crippen LogP contribution in [0.2, 0.25) is 10.2 Å². The van der Waals surface area contributed by atoms with E-state index in [0.29, 0.717) is 26.7 Å². The lowest BCUT2D eigenvalue weighted by atomic mass is 10.2. The number of benzene rings is 1. The molecule has 0 spiro atoms. The van der Waals surface area contributed by atoms with Gasteiger partial charge < -0.3 is 14.8 Å². The molecule has 0 unspecified atom stereocenters. The molecular weight excluding hydrogens is 395 g/mol. The van der Waals surface area contributed by atoms with Crippen LogP contribution in [0.25, 0.3) is 0 Å². The summed E-state index contributed by atoms with van der Waals surface area (Å²) in [5, 5.41) is 3.17. The van der Waals surface area contributed by atoms with E-state index in [1.807, 2.05) is 0 Å². The Kier molecular flexibility index (Phi) is 5.50. The minimum atomic E-state index is -0.429. The number of pyridine rings is 1. The molecule has 0 fully saturated rings. The van der Waals surface area contributed by atoms with Crippen molar-refractivity contribution in [2.75, 3.05) is 19.5 Å². The highest BCUT2D eigenvalue weighted by Crippen LogP contribution is 2.36. The number of nitrogens with one attached hydrogen (secondary N) is 1. The molecule has 2 rings (SSSR count). The summed E-state index contributed by atoms with van der Waals surface area (Å²) in [6, 6.07) is 4.69. The highest BCUT2D eigenvalue weighted by molar-refractivity contribution is 9.10. The molecule has 0 aliphatic carbocycles. The van der Waals surface area contributed by atoms with Crippen LogP contribution in [0.4, 0.5) is 5.69 Å². The molecule has 0 atom stereocenters. The van der Waals surface area contributed by atoms with Crippen LogP contribution in [0.1, 0.15) is 10.4 Å². The van der Waals surface area contributed by atoms with Crippen LogP contribution in [-0.2, 0) is 0 Å². The lowest BCUT2D eigenvalue weighted by molar-refractivity contribution is 0.102. The molecular formula is C14H11BrCl2N2O3. The van der Waals surface area contributed by atoms with Crippen LogP contribution in [0.3, 0.4) is 0 Å². The van der Waals surface area contributed by atoms with Crippen molar-refractivity contribution in [3.8, 4) is 11.5 Å². The number of carbonyl (C=O) groups is 1. The van der Waals surface area contributed by atoms with Crippen molar-refractivity contribution in [2.45, 2.75) is 0 Å². The van der Waals surface area contributed by atoms with Crippen LogP contribution in [-0.4, -0.2) is 25.1 Å².